The van der Waals surface area contributed by atoms with Crippen LogP contribution < -0.4 is 4.74 Å². The van der Waals surface area contributed by atoms with Crippen LogP contribution in [0.5, 0.6) is 5.75 Å². The standard InChI is InChI=1S/C32H31N3O/c1-3-5-7-9-24-17-27-26-18-31-28(16-21(26)12-14-29(27)34-24)25-13-11-22(15-23(25)20-36-31)30-19-33-32(35-30)10-8-6-4-2/h5-8,11-16,18-19H,3-4,9-10,17,20H2,1-2H3,(H,33,35). The maximum atomic E-state index is 6.30. The molecule has 0 saturated carbocycles. The quantitative estimate of drug-likeness (QED) is 0.275. The van der Waals surface area contributed by atoms with Crippen molar-refractivity contribution in [2.75, 3.05) is 0 Å². The number of nitrogens with one attached hydrogen (secondary N) is 1. The number of benzene rings is 3. The zero-order valence-corrected chi connectivity index (χ0v) is 21.0. The first-order valence-corrected chi connectivity index (χ1v) is 13.0. The molecule has 0 radical (unpaired) electrons. The number of hydrogen-bond acceptors (Lipinski definition) is 3. The van der Waals surface area contributed by atoms with Gasteiger partial charge in [-0.3, -0.25) is 4.99 Å². The number of H-pyrrole nitrogens is 1. The number of aromatic nitrogens is 2. The summed E-state index contributed by atoms with van der Waals surface area (Å²) in [7, 11) is 0. The highest BCUT2D eigenvalue weighted by molar-refractivity contribution is 6.04. The summed E-state index contributed by atoms with van der Waals surface area (Å²) in [5.41, 5.74) is 9.46. The number of ether oxygens (including phenoxy) is 1. The van der Waals surface area contributed by atoms with Gasteiger partial charge >= 0.3 is 0 Å². The molecule has 0 aliphatic carbocycles. The molecule has 4 aromatic rings. The minimum Gasteiger partial charge on any atom is -0.488 e. The van der Waals surface area contributed by atoms with Gasteiger partial charge < -0.3 is 9.72 Å². The Morgan fingerprint density at radius 1 is 0.917 bits per heavy atom. The fourth-order valence-electron chi connectivity index (χ4n) is 5.21. The van der Waals surface area contributed by atoms with Crippen molar-refractivity contribution in [3.05, 3.63) is 89.9 Å². The molecule has 3 aromatic carbocycles. The molecule has 0 fully saturated rings. The van der Waals surface area contributed by atoms with Crippen molar-refractivity contribution in [3.8, 4) is 28.1 Å². The van der Waals surface area contributed by atoms with Crippen LogP contribution in [-0.4, -0.2) is 15.7 Å². The van der Waals surface area contributed by atoms with Gasteiger partial charge in [0, 0.05) is 30.5 Å². The Kier molecular flexibility index (Phi) is 6.02. The number of nitrogens with zero attached hydrogens (tertiary/aromatic N) is 2. The van der Waals surface area contributed by atoms with Crippen molar-refractivity contribution in [1.29, 1.82) is 0 Å². The molecule has 2 aliphatic rings. The normalized spacial score (nSPS) is 14.2. The number of aliphatic imine (C=N–C) groups is 1. The molecule has 36 heavy (non-hydrogen) atoms. The fourth-order valence-corrected chi connectivity index (χ4v) is 5.21. The second-order valence-corrected chi connectivity index (χ2v) is 9.56. The second-order valence-electron chi connectivity index (χ2n) is 9.56. The lowest BCUT2D eigenvalue weighted by Gasteiger charge is -2.22. The van der Waals surface area contributed by atoms with Crippen LogP contribution in [0.15, 0.2) is 78.0 Å². The van der Waals surface area contributed by atoms with E-state index in [4.69, 9.17) is 9.73 Å². The molecule has 0 amide bonds. The van der Waals surface area contributed by atoms with Gasteiger partial charge in [0.1, 0.15) is 18.2 Å². The van der Waals surface area contributed by atoms with Crippen LogP contribution in [0.4, 0.5) is 5.69 Å². The summed E-state index contributed by atoms with van der Waals surface area (Å²) in [6.45, 7) is 4.88. The first-order chi connectivity index (χ1) is 17.7. The van der Waals surface area contributed by atoms with Crippen molar-refractivity contribution in [2.24, 2.45) is 4.99 Å². The summed E-state index contributed by atoms with van der Waals surface area (Å²) < 4.78 is 6.30. The largest absolute Gasteiger partial charge is 0.488 e. The average molecular weight is 474 g/mol. The Morgan fingerprint density at radius 3 is 2.64 bits per heavy atom. The summed E-state index contributed by atoms with van der Waals surface area (Å²) in [6, 6.07) is 15.5. The highest BCUT2D eigenvalue weighted by atomic mass is 16.5. The van der Waals surface area contributed by atoms with Gasteiger partial charge in [0.15, 0.2) is 0 Å². The van der Waals surface area contributed by atoms with Crippen LogP contribution in [0.2, 0.25) is 0 Å². The highest BCUT2D eigenvalue weighted by Crippen LogP contribution is 2.44. The van der Waals surface area contributed by atoms with Gasteiger partial charge in [-0.1, -0.05) is 56.4 Å². The van der Waals surface area contributed by atoms with E-state index in [2.05, 4.69) is 90.6 Å². The lowest BCUT2D eigenvalue weighted by molar-refractivity contribution is 0.303. The minimum atomic E-state index is 0.570. The summed E-state index contributed by atoms with van der Waals surface area (Å²) in [5, 5.41) is 2.50. The predicted octanol–water partition coefficient (Wildman–Crippen LogP) is 8.28. The van der Waals surface area contributed by atoms with E-state index in [1.807, 2.05) is 6.20 Å². The van der Waals surface area contributed by atoms with Gasteiger partial charge in [-0.05, 0) is 70.1 Å². The average Bonchev–Trinajstić information content (AvgIpc) is 3.55. The van der Waals surface area contributed by atoms with Gasteiger partial charge in [0.25, 0.3) is 0 Å². The van der Waals surface area contributed by atoms with Crippen molar-refractivity contribution >= 4 is 22.2 Å². The van der Waals surface area contributed by atoms with Crippen LogP contribution in [0, 0.1) is 0 Å². The number of aromatic amines is 1. The van der Waals surface area contributed by atoms with Crippen LogP contribution in [0.1, 0.15) is 50.1 Å². The molecule has 180 valence electrons. The molecule has 0 bridgehead atoms. The number of allylic oxidation sites excluding steroid dienone is 4. The second kappa shape index (κ2) is 9.62. The Morgan fingerprint density at radius 2 is 1.78 bits per heavy atom. The topological polar surface area (TPSA) is 50.3 Å². The van der Waals surface area contributed by atoms with Crippen LogP contribution in [-0.2, 0) is 19.4 Å². The summed E-state index contributed by atoms with van der Waals surface area (Å²) >= 11 is 0. The highest BCUT2D eigenvalue weighted by Gasteiger charge is 2.22. The monoisotopic (exact) mass is 473 g/mol. The van der Waals surface area contributed by atoms with Crippen LogP contribution in [0.25, 0.3) is 33.2 Å². The molecule has 0 saturated heterocycles. The molecule has 0 atom stereocenters. The van der Waals surface area contributed by atoms with E-state index in [0.29, 0.717) is 6.61 Å². The van der Waals surface area contributed by atoms with Gasteiger partial charge in [-0.2, -0.15) is 0 Å². The van der Waals surface area contributed by atoms with Crippen LogP contribution in [0.3, 0.4) is 0 Å². The van der Waals surface area contributed by atoms with Gasteiger partial charge in [0.05, 0.1) is 17.6 Å². The number of fused-ring (bicyclic) bond motifs is 6. The predicted molar refractivity (Wildman–Crippen MR) is 149 cm³/mol. The zero-order chi connectivity index (χ0) is 24.5. The molecular weight excluding hydrogens is 442 g/mol. The van der Waals surface area contributed by atoms with E-state index >= 15 is 0 Å². The Bertz CT molecular complexity index is 1540. The maximum Gasteiger partial charge on any atom is 0.128 e. The van der Waals surface area contributed by atoms with E-state index in [1.165, 1.54) is 33.2 Å². The molecule has 1 N–H and O–H groups in total. The van der Waals surface area contributed by atoms with E-state index in [0.717, 1.165) is 66.2 Å². The molecule has 4 nitrogen and oxygen atoms in total. The van der Waals surface area contributed by atoms with E-state index in [-0.39, 0.29) is 0 Å². The number of rotatable bonds is 7. The maximum absolute atomic E-state index is 6.30. The molecular formula is C32H31N3O. The van der Waals surface area contributed by atoms with Crippen molar-refractivity contribution in [2.45, 2.75) is 52.6 Å². The first kappa shape index (κ1) is 22.5. The molecule has 6 rings (SSSR count). The van der Waals surface area contributed by atoms with Crippen molar-refractivity contribution < 1.29 is 4.74 Å². The van der Waals surface area contributed by atoms with Gasteiger partial charge in [0.2, 0.25) is 0 Å². The van der Waals surface area contributed by atoms with Gasteiger partial charge in [-0.25, -0.2) is 4.98 Å². The van der Waals surface area contributed by atoms with E-state index in [9.17, 15) is 0 Å². The fraction of sp³-hybridized carbons (Fsp3) is 0.250. The Hall–Kier alpha value is -3.92. The molecule has 0 spiro atoms. The van der Waals surface area contributed by atoms with Crippen molar-refractivity contribution in [1.82, 2.24) is 9.97 Å². The lowest BCUT2D eigenvalue weighted by atomic mass is 9.91. The molecule has 2 aliphatic heterocycles. The van der Waals surface area contributed by atoms with E-state index in [1.54, 1.807) is 0 Å². The molecule has 1 aromatic heterocycles. The Labute approximate surface area is 212 Å². The SMILES string of the molecule is CCC=CCC1=Nc2ccc3cc4c(cc3c2C1)OCc1cc(-c2cnc(CC=CCC)[nH]2)ccc1-4. The van der Waals surface area contributed by atoms with E-state index < -0.39 is 0 Å². The Balaban J connectivity index is 1.30. The first-order valence-electron chi connectivity index (χ1n) is 13.0. The third-order valence-electron chi connectivity index (χ3n) is 7.05. The zero-order valence-electron chi connectivity index (χ0n) is 21.0. The van der Waals surface area contributed by atoms with Crippen molar-refractivity contribution in [3.63, 3.8) is 0 Å². The van der Waals surface area contributed by atoms with Gasteiger partial charge in [-0.15, -0.1) is 0 Å². The van der Waals surface area contributed by atoms with Crippen LogP contribution >= 0.6 is 0 Å². The molecule has 4 heteroatoms. The molecule has 3 heterocycles. The number of hydrogen-bond donors (Lipinski definition) is 1. The lowest BCUT2D eigenvalue weighted by Crippen LogP contribution is -2.06. The number of imidazole rings is 1. The summed E-state index contributed by atoms with van der Waals surface area (Å²) in [4.78, 5) is 12.9. The third kappa shape index (κ3) is 4.17. The summed E-state index contributed by atoms with van der Waals surface area (Å²) in [5.74, 6) is 1.95. The third-order valence-corrected chi connectivity index (χ3v) is 7.05. The smallest absolute Gasteiger partial charge is 0.128 e. The summed E-state index contributed by atoms with van der Waals surface area (Å²) in [6.07, 6.45) is 15.5. The minimum absolute atomic E-state index is 0.570. The molecule has 0 unspecified atom stereocenters.